The summed E-state index contributed by atoms with van der Waals surface area (Å²) in [4.78, 5) is 31.8. The lowest BCUT2D eigenvalue weighted by atomic mass is 9.95. The second-order valence-electron chi connectivity index (χ2n) is 8.11. The third-order valence-electron chi connectivity index (χ3n) is 6.16. The average molecular weight is 426 g/mol. The van der Waals surface area contributed by atoms with Gasteiger partial charge in [-0.15, -0.1) is 0 Å². The van der Waals surface area contributed by atoms with Crippen molar-refractivity contribution in [1.82, 2.24) is 9.80 Å². The van der Waals surface area contributed by atoms with Crippen molar-refractivity contribution in [3.63, 3.8) is 0 Å². The molecule has 4 rings (SSSR count). The van der Waals surface area contributed by atoms with E-state index in [1.807, 2.05) is 23.1 Å². The Morgan fingerprint density at radius 3 is 2.42 bits per heavy atom. The van der Waals surface area contributed by atoms with Gasteiger partial charge in [-0.2, -0.15) is 0 Å². The van der Waals surface area contributed by atoms with Crippen LogP contribution in [0.2, 0.25) is 0 Å². The standard InChI is InChI=1S/C24H28FN3O3/c1-31-22-6-2-5-21(16-22)26-12-14-27(15-13-26)24(30)19-4-3-11-28(17-19)23(29)18-7-9-20(25)10-8-18/h2,5-10,16,19H,3-4,11-15,17H2,1H3. The Kier molecular flexibility index (Phi) is 6.39. The molecule has 2 aromatic rings. The number of nitrogens with zero attached hydrogens (tertiary/aromatic N) is 3. The van der Waals surface area contributed by atoms with Gasteiger partial charge in [-0.05, 0) is 49.2 Å². The molecule has 2 fully saturated rings. The average Bonchev–Trinajstić information content (AvgIpc) is 2.84. The topological polar surface area (TPSA) is 53.1 Å². The predicted molar refractivity (Wildman–Crippen MR) is 117 cm³/mol. The number of rotatable bonds is 4. The van der Waals surface area contributed by atoms with Crippen LogP contribution in [0.4, 0.5) is 10.1 Å². The molecule has 2 saturated heterocycles. The molecule has 0 bridgehead atoms. The molecule has 1 unspecified atom stereocenters. The van der Waals surface area contributed by atoms with Gasteiger partial charge in [0.1, 0.15) is 11.6 Å². The maximum Gasteiger partial charge on any atom is 0.253 e. The number of likely N-dealkylation sites (tertiary alicyclic amines) is 1. The lowest BCUT2D eigenvalue weighted by Crippen LogP contribution is -2.53. The van der Waals surface area contributed by atoms with Crippen LogP contribution in [0, 0.1) is 11.7 Å². The number of methoxy groups -OCH3 is 1. The van der Waals surface area contributed by atoms with Gasteiger partial charge < -0.3 is 19.4 Å². The summed E-state index contributed by atoms with van der Waals surface area (Å²) in [6, 6.07) is 13.6. The molecule has 7 heteroatoms. The normalized spacial score (nSPS) is 19.3. The number of benzene rings is 2. The molecule has 2 aliphatic heterocycles. The maximum atomic E-state index is 13.2. The predicted octanol–water partition coefficient (Wildman–Crippen LogP) is 3.04. The van der Waals surface area contributed by atoms with Gasteiger partial charge in [0.05, 0.1) is 13.0 Å². The maximum absolute atomic E-state index is 13.2. The quantitative estimate of drug-likeness (QED) is 0.756. The number of hydrogen-bond acceptors (Lipinski definition) is 4. The van der Waals surface area contributed by atoms with Crippen molar-refractivity contribution in [3.05, 3.63) is 59.9 Å². The second-order valence-corrected chi connectivity index (χ2v) is 8.11. The summed E-state index contributed by atoms with van der Waals surface area (Å²) in [5, 5.41) is 0. The highest BCUT2D eigenvalue weighted by molar-refractivity contribution is 5.94. The van der Waals surface area contributed by atoms with E-state index in [1.165, 1.54) is 24.3 Å². The number of anilines is 1. The van der Waals surface area contributed by atoms with Crippen molar-refractivity contribution in [2.24, 2.45) is 5.92 Å². The molecule has 2 heterocycles. The van der Waals surface area contributed by atoms with E-state index < -0.39 is 0 Å². The molecule has 6 nitrogen and oxygen atoms in total. The fraction of sp³-hybridized carbons (Fsp3) is 0.417. The van der Waals surface area contributed by atoms with Gasteiger partial charge in [0.15, 0.2) is 0 Å². The molecular formula is C24H28FN3O3. The number of piperidine rings is 1. The molecule has 0 aliphatic carbocycles. The number of halogens is 1. The Labute approximate surface area is 182 Å². The van der Waals surface area contributed by atoms with E-state index in [0.29, 0.717) is 31.7 Å². The van der Waals surface area contributed by atoms with Gasteiger partial charge in [-0.1, -0.05) is 6.07 Å². The number of carbonyl (C=O) groups excluding carboxylic acids is 2. The summed E-state index contributed by atoms with van der Waals surface area (Å²) in [5.74, 6) is 0.268. The third kappa shape index (κ3) is 4.81. The summed E-state index contributed by atoms with van der Waals surface area (Å²) in [6.45, 7) is 3.92. The Morgan fingerprint density at radius 2 is 1.71 bits per heavy atom. The van der Waals surface area contributed by atoms with E-state index in [0.717, 1.165) is 37.4 Å². The van der Waals surface area contributed by atoms with E-state index in [2.05, 4.69) is 11.0 Å². The Morgan fingerprint density at radius 1 is 0.968 bits per heavy atom. The minimum absolute atomic E-state index is 0.127. The molecule has 0 saturated carbocycles. The van der Waals surface area contributed by atoms with E-state index in [4.69, 9.17) is 4.74 Å². The van der Waals surface area contributed by atoms with Gasteiger partial charge >= 0.3 is 0 Å². The largest absolute Gasteiger partial charge is 0.497 e. The first-order chi connectivity index (χ1) is 15.0. The minimum atomic E-state index is -0.365. The number of hydrogen-bond donors (Lipinski definition) is 0. The first-order valence-electron chi connectivity index (χ1n) is 10.8. The van der Waals surface area contributed by atoms with Crippen LogP contribution in [-0.4, -0.2) is 68.0 Å². The van der Waals surface area contributed by atoms with Gasteiger partial charge in [0.2, 0.25) is 5.91 Å². The molecule has 0 radical (unpaired) electrons. The number of carbonyl (C=O) groups is 2. The van der Waals surface area contributed by atoms with Crippen LogP contribution in [0.25, 0.3) is 0 Å². The SMILES string of the molecule is COc1cccc(N2CCN(C(=O)C3CCCN(C(=O)c4ccc(F)cc4)C3)CC2)c1. The molecular weight excluding hydrogens is 397 g/mol. The van der Waals surface area contributed by atoms with Gasteiger partial charge in [0.25, 0.3) is 5.91 Å². The van der Waals surface area contributed by atoms with Gasteiger partial charge in [-0.25, -0.2) is 4.39 Å². The lowest BCUT2D eigenvalue weighted by molar-refractivity contribution is -0.137. The molecule has 0 N–H and O–H groups in total. The number of amides is 2. The highest BCUT2D eigenvalue weighted by atomic mass is 19.1. The van der Waals surface area contributed by atoms with E-state index in [-0.39, 0.29) is 23.5 Å². The zero-order valence-corrected chi connectivity index (χ0v) is 17.8. The molecule has 2 aromatic carbocycles. The van der Waals surface area contributed by atoms with Crippen LogP contribution in [0.1, 0.15) is 23.2 Å². The first-order valence-corrected chi connectivity index (χ1v) is 10.8. The monoisotopic (exact) mass is 425 g/mol. The van der Waals surface area contributed by atoms with Crippen molar-refractivity contribution in [1.29, 1.82) is 0 Å². The first kappa shape index (κ1) is 21.2. The molecule has 2 amide bonds. The van der Waals surface area contributed by atoms with Crippen molar-refractivity contribution in [2.45, 2.75) is 12.8 Å². The van der Waals surface area contributed by atoms with Gasteiger partial charge in [0, 0.05) is 56.6 Å². The fourth-order valence-electron chi connectivity index (χ4n) is 4.39. The van der Waals surface area contributed by atoms with Crippen molar-refractivity contribution < 1.29 is 18.7 Å². The van der Waals surface area contributed by atoms with E-state index in [9.17, 15) is 14.0 Å². The zero-order chi connectivity index (χ0) is 21.8. The Balaban J connectivity index is 1.34. The smallest absolute Gasteiger partial charge is 0.253 e. The van der Waals surface area contributed by atoms with E-state index in [1.54, 1.807) is 12.0 Å². The summed E-state index contributed by atoms with van der Waals surface area (Å²) in [5.41, 5.74) is 1.56. The second kappa shape index (κ2) is 9.37. The summed E-state index contributed by atoms with van der Waals surface area (Å²) in [6.07, 6.45) is 1.59. The zero-order valence-electron chi connectivity index (χ0n) is 17.8. The molecule has 1 atom stereocenters. The molecule has 31 heavy (non-hydrogen) atoms. The van der Waals surface area contributed by atoms with Crippen molar-refractivity contribution in [2.75, 3.05) is 51.3 Å². The van der Waals surface area contributed by atoms with Crippen molar-refractivity contribution >= 4 is 17.5 Å². The van der Waals surface area contributed by atoms with Crippen LogP contribution in [0.3, 0.4) is 0 Å². The highest BCUT2D eigenvalue weighted by Crippen LogP contribution is 2.24. The molecule has 164 valence electrons. The summed E-state index contributed by atoms with van der Waals surface area (Å²) >= 11 is 0. The fourth-order valence-corrected chi connectivity index (χ4v) is 4.39. The third-order valence-corrected chi connectivity index (χ3v) is 6.16. The Hall–Kier alpha value is -3.09. The lowest BCUT2D eigenvalue weighted by Gasteiger charge is -2.39. The van der Waals surface area contributed by atoms with Crippen LogP contribution in [0.5, 0.6) is 5.75 Å². The molecule has 2 aliphatic rings. The molecule has 0 aromatic heterocycles. The van der Waals surface area contributed by atoms with Crippen molar-refractivity contribution in [3.8, 4) is 5.75 Å². The Bertz CT molecular complexity index is 926. The van der Waals surface area contributed by atoms with E-state index >= 15 is 0 Å². The minimum Gasteiger partial charge on any atom is -0.497 e. The van der Waals surface area contributed by atoms with Crippen LogP contribution in [0.15, 0.2) is 48.5 Å². The van der Waals surface area contributed by atoms with Gasteiger partial charge in [-0.3, -0.25) is 9.59 Å². The summed E-state index contributed by atoms with van der Waals surface area (Å²) < 4.78 is 18.5. The number of piperazine rings is 1. The highest BCUT2D eigenvalue weighted by Gasteiger charge is 2.33. The molecule has 0 spiro atoms. The number of ether oxygens (including phenoxy) is 1. The van der Waals surface area contributed by atoms with Crippen LogP contribution < -0.4 is 9.64 Å². The van der Waals surface area contributed by atoms with Crippen LogP contribution >= 0.6 is 0 Å². The van der Waals surface area contributed by atoms with Crippen LogP contribution in [-0.2, 0) is 4.79 Å². The summed E-state index contributed by atoms with van der Waals surface area (Å²) in [7, 11) is 1.66.